The molecule has 0 aliphatic rings. The topological polar surface area (TPSA) is 69.7 Å². The van der Waals surface area contributed by atoms with Gasteiger partial charge >= 0.3 is 18.1 Å². The van der Waals surface area contributed by atoms with Gasteiger partial charge in [-0.25, -0.2) is 4.79 Å². The van der Waals surface area contributed by atoms with Crippen LogP contribution >= 0.6 is 0 Å². The molecule has 0 saturated heterocycles. The maximum absolute atomic E-state index is 10.2. The number of hydrogen-bond donors (Lipinski definition) is 0. The number of rotatable bonds is 0. The first-order valence-electron chi connectivity index (χ1n) is 2.43. The van der Waals surface area contributed by atoms with Crippen molar-refractivity contribution in [1.29, 1.82) is 0 Å². The van der Waals surface area contributed by atoms with Crippen LogP contribution in [0.15, 0.2) is 0 Å². The summed E-state index contributed by atoms with van der Waals surface area (Å²) in [6, 6.07) is 0. The van der Waals surface area contributed by atoms with Crippen LogP contribution in [0.3, 0.4) is 0 Å². The van der Waals surface area contributed by atoms with Crippen LogP contribution in [0, 0.1) is 0 Å². The molecule has 0 amide bonds. The summed E-state index contributed by atoms with van der Waals surface area (Å²) < 4.78 is 7.68. The van der Waals surface area contributed by atoms with Gasteiger partial charge in [0.15, 0.2) is 0 Å². The molecule has 0 rings (SSSR count). The molecule has 5 nitrogen and oxygen atoms in total. The van der Waals surface area contributed by atoms with E-state index in [2.05, 4.69) is 9.47 Å². The Morgan fingerprint density at radius 2 is 1.08 bits per heavy atom. The van der Waals surface area contributed by atoms with Crippen LogP contribution in [-0.4, -0.2) is 18.1 Å². The zero-order chi connectivity index (χ0) is 8.15. The van der Waals surface area contributed by atoms with Gasteiger partial charge in [-0.3, -0.25) is 9.59 Å². The number of ether oxygens (including phenoxy) is 2. The summed E-state index contributed by atoms with van der Waals surface area (Å²) in [5.41, 5.74) is 0. The summed E-state index contributed by atoms with van der Waals surface area (Å²) in [6.07, 6.45) is -1.29. The molecule has 0 aromatic rings. The summed E-state index contributed by atoms with van der Waals surface area (Å²) >= 11 is 0. The van der Waals surface area contributed by atoms with Crippen LogP contribution in [0.2, 0.25) is 0 Å². The van der Waals surface area contributed by atoms with Crippen LogP contribution in [-0.2, 0) is 70.7 Å². The third-order valence-corrected chi connectivity index (χ3v) is 0.454. The summed E-state index contributed by atoms with van der Waals surface area (Å²) in [5.74, 6) is -1.63. The van der Waals surface area contributed by atoms with Gasteiger partial charge in [-0.1, -0.05) is 0 Å². The molecule has 0 aromatic carbocycles. The van der Waals surface area contributed by atoms with Crippen molar-refractivity contribution in [3.8, 4) is 0 Å². The van der Waals surface area contributed by atoms with E-state index in [0.29, 0.717) is 0 Å². The largest absolute Gasteiger partial charge is 0.524 e. The van der Waals surface area contributed by atoms with Crippen molar-refractivity contribution < 1.29 is 75.5 Å². The van der Waals surface area contributed by atoms with E-state index in [1.54, 1.807) is 0 Å². The Labute approximate surface area is 107 Å². The normalized spacial score (nSPS) is 6.83. The van der Waals surface area contributed by atoms with Gasteiger partial charge in [0.1, 0.15) is 0 Å². The van der Waals surface area contributed by atoms with Crippen molar-refractivity contribution in [1.82, 2.24) is 0 Å². The molecule has 0 unspecified atom stereocenters. The van der Waals surface area contributed by atoms with Gasteiger partial charge < -0.3 is 9.47 Å². The molecule has 64 valence electrons. The molecular formula is C5H6Hf2O5. The molecule has 0 heterocycles. The fourth-order valence-electron chi connectivity index (χ4n) is 0.256. The van der Waals surface area contributed by atoms with Gasteiger partial charge in [0.2, 0.25) is 0 Å². The van der Waals surface area contributed by atoms with E-state index >= 15 is 0 Å². The van der Waals surface area contributed by atoms with Crippen LogP contribution in [0.1, 0.15) is 13.8 Å². The fraction of sp³-hybridized carbons (Fsp3) is 0.400. The first-order valence-corrected chi connectivity index (χ1v) is 2.43. The molecule has 0 aliphatic heterocycles. The maximum atomic E-state index is 10.2. The third kappa shape index (κ3) is 13.0. The predicted octanol–water partition coefficient (Wildman–Crippen LogP) is 0.228. The second kappa shape index (κ2) is 9.44. The van der Waals surface area contributed by atoms with Crippen LogP contribution in [0.5, 0.6) is 0 Å². The van der Waals surface area contributed by atoms with E-state index < -0.39 is 18.1 Å². The van der Waals surface area contributed by atoms with Crippen molar-refractivity contribution in [2.45, 2.75) is 13.8 Å². The standard InChI is InChI=1S/C5H6O5.2Hf/c1-3(6)9-5(8)10-4(2)7;;/h1-2H3;;. The first kappa shape index (κ1) is 18.2. The van der Waals surface area contributed by atoms with Crippen LogP contribution in [0.25, 0.3) is 0 Å². The Balaban J connectivity index is -0.000000405. The molecule has 0 fully saturated rings. The number of carbonyl (C=O) groups is 3. The number of esters is 2. The quantitative estimate of drug-likeness (QED) is 0.269. The van der Waals surface area contributed by atoms with Gasteiger partial charge in [-0.15, -0.1) is 0 Å². The Morgan fingerprint density at radius 3 is 1.25 bits per heavy atom. The molecule has 0 aromatic heterocycles. The van der Waals surface area contributed by atoms with E-state index in [1.807, 2.05) is 0 Å². The zero-order valence-electron chi connectivity index (χ0n) is 6.54. The van der Waals surface area contributed by atoms with Crippen molar-refractivity contribution in [2.75, 3.05) is 0 Å². The molecule has 12 heavy (non-hydrogen) atoms. The SMILES string of the molecule is CC(=O)OC(=O)OC(C)=O.[Hf].[Hf]. The van der Waals surface area contributed by atoms with E-state index in [4.69, 9.17) is 0 Å². The second-order valence-electron chi connectivity index (χ2n) is 1.44. The molecule has 7 heteroatoms. The minimum absolute atomic E-state index is 0. The van der Waals surface area contributed by atoms with E-state index in [9.17, 15) is 14.4 Å². The molecule has 0 saturated carbocycles. The average Bonchev–Trinajstić information content (AvgIpc) is 1.58. The Hall–Kier alpha value is 0.350. The Kier molecular flexibility index (Phi) is 14.3. The van der Waals surface area contributed by atoms with Crippen molar-refractivity contribution in [2.24, 2.45) is 0 Å². The Bertz CT molecular complexity index is 161. The van der Waals surface area contributed by atoms with Gasteiger partial charge in [0, 0.05) is 65.5 Å². The zero-order valence-corrected chi connectivity index (χ0v) is 13.7. The van der Waals surface area contributed by atoms with Gasteiger partial charge in [0.05, 0.1) is 0 Å². The van der Waals surface area contributed by atoms with Gasteiger partial charge in [-0.05, 0) is 0 Å². The van der Waals surface area contributed by atoms with Crippen molar-refractivity contribution in [3.63, 3.8) is 0 Å². The molecule has 0 spiro atoms. The molecule has 0 atom stereocenters. The fourth-order valence-corrected chi connectivity index (χ4v) is 0.256. The summed E-state index contributed by atoms with van der Waals surface area (Å²) in [4.78, 5) is 30.2. The summed E-state index contributed by atoms with van der Waals surface area (Å²) in [5, 5.41) is 0. The third-order valence-electron chi connectivity index (χ3n) is 0.454. The van der Waals surface area contributed by atoms with Crippen molar-refractivity contribution in [3.05, 3.63) is 0 Å². The smallest absolute Gasteiger partial charge is 0.361 e. The minimum Gasteiger partial charge on any atom is -0.361 e. The van der Waals surface area contributed by atoms with Crippen molar-refractivity contribution >= 4 is 18.1 Å². The predicted molar refractivity (Wildman–Crippen MR) is 28.9 cm³/mol. The monoisotopic (exact) mass is 506 g/mol. The minimum atomic E-state index is -1.29. The number of carbonyl (C=O) groups excluding carboxylic acids is 3. The molecule has 0 N–H and O–H groups in total. The van der Waals surface area contributed by atoms with Crippen LogP contribution < -0.4 is 0 Å². The average molecular weight is 503 g/mol. The van der Waals surface area contributed by atoms with E-state index in [-0.39, 0.29) is 51.7 Å². The van der Waals surface area contributed by atoms with E-state index in [1.165, 1.54) is 0 Å². The molecule has 0 bridgehead atoms. The molecule has 0 aliphatic carbocycles. The Morgan fingerprint density at radius 1 is 0.833 bits per heavy atom. The maximum Gasteiger partial charge on any atom is 0.524 e. The van der Waals surface area contributed by atoms with Gasteiger partial charge in [-0.2, -0.15) is 0 Å². The first-order chi connectivity index (χ1) is 4.52. The molecular weight excluding hydrogens is 497 g/mol. The molecule has 0 radical (unpaired) electrons. The number of hydrogen-bond acceptors (Lipinski definition) is 5. The van der Waals surface area contributed by atoms with Crippen LogP contribution in [0.4, 0.5) is 4.79 Å². The van der Waals surface area contributed by atoms with Gasteiger partial charge in [0.25, 0.3) is 0 Å². The van der Waals surface area contributed by atoms with E-state index in [0.717, 1.165) is 13.8 Å². The summed E-state index contributed by atoms with van der Waals surface area (Å²) in [7, 11) is 0. The second-order valence-corrected chi connectivity index (χ2v) is 1.44. The summed E-state index contributed by atoms with van der Waals surface area (Å²) in [6.45, 7) is 2.06.